The van der Waals surface area contributed by atoms with Gasteiger partial charge in [0.2, 0.25) is 5.91 Å². The summed E-state index contributed by atoms with van der Waals surface area (Å²) in [5.41, 5.74) is 2.21. The number of nitrogens with zero attached hydrogens (tertiary/aromatic N) is 1. The third-order valence-electron chi connectivity index (χ3n) is 7.52. The fourth-order valence-corrected chi connectivity index (χ4v) is 6.32. The zero-order valence-corrected chi connectivity index (χ0v) is 15.0. The molecule has 1 unspecified atom stereocenters. The molecule has 5 heteroatoms. The third-order valence-corrected chi connectivity index (χ3v) is 7.52. The van der Waals surface area contributed by atoms with Crippen LogP contribution in [0.4, 0.5) is 0 Å². The minimum absolute atomic E-state index is 0.211. The van der Waals surface area contributed by atoms with Crippen LogP contribution in [0.5, 0.6) is 11.5 Å². The molecule has 3 aliphatic carbocycles. The van der Waals surface area contributed by atoms with Gasteiger partial charge < -0.3 is 14.4 Å². The first-order valence-corrected chi connectivity index (χ1v) is 9.85. The van der Waals surface area contributed by atoms with Crippen molar-refractivity contribution in [1.82, 2.24) is 4.90 Å². The molecule has 0 radical (unpaired) electrons. The van der Waals surface area contributed by atoms with E-state index < -0.39 is 6.10 Å². The smallest absolute Gasteiger partial charge is 0.225 e. The van der Waals surface area contributed by atoms with E-state index in [4.69, 9.17) is 9.47 Å². The number of ketones is 1. The first kappa shape index (κ1) is 15.1. The SMILES string of the molecule is COc1ccc2c3c1OC1C(=O)CC[C@@H]4[C@H](C2)N(C(=O)C2CC2)CC[C@@]314. The van der Waals surface area contributed by atoms with Gasteiger partial charge >= 0.3 is 0 Å². The van der Waals surface area contributed by atoms with Crippen molar-refractivity contribution in [3.63, 3.8) is 0 Å². The number of amides is 1. The Hall–Kier alpha value is -2.04. The average Bonchev–Trinajstić information content (AvgIpc) is 3.43. The molecule has 4 atom stereocenters. The van der Waals surface area contributed by atoms with Gasteiger partial charge in [-0.3, -0.25) is 9.59 Å². The summed E-state index contributed by atoms with van der Waals surface area (Å²) in [7, 11) is 1.66. The summed E-state index contributed by atoms with van der Waals surface area (Å²) in [6.07, 6.45) is 4.82. The molecule has 0 aromatic heterocycles. The summed E-state index contributed by atoms with van der Waals surface area (Å²) in [6, 6.07) is 4.29. The van der Waals surface area contributed by atoms with Crippen LogP contribution in [0.2, 0.25) is 0 Å². The zero-order valence-electron chi connectivity index (χ0n) is 15.0. The highest BCUT2D eigenvalue weighted by Crippen LogP contribution is 2.63. The molecule has 2 saturated carbocycles. The monoisotopic (exact) mass is 353 g/mol. The van der Waals surface area contributed by atoms with Gasteiger partial charge in [-0.1, -0.05) is 6.07 Å². The fourth-order valence-electron chi connectivity index (χ4n) is 6.32. The van der Waals surface area contributed by atoms with E-state index in [1.165, 1.54) is 11.1 Å². The second-order valence-electron chi connectivity index (χ2n) is 8.61. The topological polar surface area (TPSA) is 55.8 Å². The van der Waals surface area contributed by atoms with Crippen LogP contribution in [0, 0.1) is 11.8 Å². The lowest BCUT2D eigenvalue weighted by Gasteiger charge is -2.57. The second-order valence-corrected chi connectivity index (χ2v) is 8.61. The quantitative estimate of drug-likeness (QED) is 0.818. The highest BCUT2D eigenvalue weighted by Gasteiger charge is 2.66. The van der Waals surface area contributed by atoms with Crippen molar-refractivity contribution in [2.75, 3.05) is 13.7 Å². The molecule has 1 aromatic carbocycles. The Morgan fingerprint density at radius 3 is 2.92 bits per heavy atom. The Kier molecular flexibility index (Phi) is 2.79. The third kappa shape index (κ3) is 1.63. The number of hydrogen-bond acceptors (Lipinski definition) is 4. The summed E-state index contributed by atoms with van der Waals surface area (Å²) in [5.74, 6) is 2.65. The summed E-state index contributed by atoms with van der Waals surface area (Å²) in [5, 5.41) is 0. The number of ether oxygens (including phenoxy) is 2. The van der Waals surface area contributed by atoms with Gasteiger partial charge in [0.1, 0.15) is 0 Å². The molecule has 2 bridgehead atoms. The lowest BCUT2D eigenvalue weighted by atomic mass is 9.51. The van der Waals surface area contributed by atoms with Crippen molar-refractivity contribution in [2.45, 2.75) is 56.1 Å². The number of Topliss-reactive ketones (excluding diaryl/α,β-unsaturated/α-hetero) is 1. The van der Waals surface area contributed by atoms with Gasteiger partial charge in [0.15, 0.2) is 23.4 Å². The lowest BCUT2D eigenvalue weighted by Crippen LogP contribution is -2.67. The summed E-state index contributed by atoms with van der Waals surface area (Å²) in [4.78, 5) is 27.9. The van der Waals surface area contributed by atoms with E-state index in [2.05, 4.69) is 11.0 Å². The Morgan fingerprint density at radius 2 is 2.15 bits per heavy atom. The van der Waals surface area contributed by atoms with Crippen molar-refractivity contribution < 1.29 is 19.1 Å². The first-order valence-electron chi connectivity index (χ1n) is 9.85. The molecule has 2 aliphatic heterocycles. The molecule has 2 heterocycles. The Morgan fingerprint density at radius 1 is 1.31 bits per heavy atom. The van der Waals surface area contributed by atoms with E-state index >= 15 is 0 Å². The van der Waals surface area contributed by atoms with Crippen LogP contribution in [0.15, 0.2) is 12.1 Å². The van der Waals surface area contributed by atoms with Crippen molar-refractivity contribution in [3.8, 4) is 11.5 Å². The zero-order chi connectivity index (χ0) is 17.6. The molecule has 6 rings (SSSR count). The average molecular weight is 353 g/mol. The first-order chi connectivity index (χ1) is 12.6. The molecular formula is C21H23NO4. The predicted molar refractivity (Wildman–Crippen MR) is 93.4 cm³/mol. The van der Waals surface area contributed by atoms with Crippen LogP contribution in [-0.2, 0) is 21.4 Å². The minimum atomic E-state index is -0.396. The maximum atomic E-state index is 12.9. The largest absolute Gasteiger partial charge is 0.493 e. The van der Waals surface area contributed by atoms with Crippen molar-refractivity contribution >= 4 is 11.7 Å². The van der Waals surface area contributed by atoms with Crippen LogP contribution < -0.4 is 9.47 Å². The normalized spacial score (nSPS) is 36.4. The van der Waals surface area contributed by atoms with Gasteiger partial charge in [-0.2, -0.15) is 0 Å². The van der Waals surface area contributed by atoms with Gasteiger partial charge in [-0.15, -0.1) is 0 Å². The molecule has 3 fully saturated rings. The van der Waals surface area contributed by atoms with E-state index in [1.54, 1.807) is 7.11 Å². The Balaban J connectivity index is 1.54. The number of benzene rings is 1. The number of rotatable bonds is 2. The summed E-state index contributed by atoms with van der Waals surface area (Å²) >= 11 is 0. The highest BCUT2D eigenvalue weighted by molar-refractivity contribution is 5.89. The van der Waals surface area contributed by atoms with E-state index in [0.717, 1.165) is 50.1 Å². The maximum Gasteiger partial charge on any atom is 0.225 e. The molecule has 0 N–H and O–H groups in total. The number of piperidine rings is 1. The van der Waals surface area contributed by atoms with Gasteiger partial charge in [0, 0.05) is 30.5 Å². The predicted octanol–water partition coefficient (Wildman–Crippen LogP) is 2.24. The molecule has 1 amide bonds. The number of likely N-dealkylation sites (tertiary alicyclic amines) is 1. The number of hydrogen-bond donors (Lipinski definition) is 0. The van der Waals surface area contributed by atoms with Crippen LogP contribution in [0.3, 0.4) is 0 Å². The number of methoxy groups -OCH3 is 1. The minimum Gasteiger partial charge on any atom is -0.493 e. The Bertz CT molecular complexity index is 845. The van der Waals surface area contributed by atoms with Crippen LogP contribution >= 0.6 is 0 Å². The van der Waals surface area contributed by atoms with Crippen LogP contribution in [-0.4, -0.2) is 42.4 Å². The maximum absolute atomic E-state index is 12.9. The second kappa shape index (κ2) is 4.81. The molecule has 5 nitrogen and oxygen atoms in total. The van der Waals surface area contributed by atoms with E-state index in [1.807, 2.05) is 6.07 Å². The fraction of sp³-hybridized carbons (Fsp3) is 0.619. The van der Waals surface area contributed by atoms with Crippen LogP contribution in [0.1, 0.15) is 43.2 Å². The molecule has 136 valence electrons. The summed E-state index contributed by atoms with van der Waals surface area (Å²) < 4.78 is 11.8. The van der Waals surface area contributed by atoms with Crippen molar-refractivity contribution in [3.05, 3.63) is 23.3 Å². The van der Waals surface area contributed by atoms with Crippen molar-refractivity contribution in [1.29, 1.82) is 0 Å². The molecule has 26 heavy (non-hydrogen) atoms. The molecule has 5 aliphatic rings. The molecule has 1 aromatic rings. The number of carbonyl (C=O) groups excluding carboxylic acids is 2. The van der Waals surface area contributed by atoms with E-state index in [-0.39, 0.29) is 23.2 Å². The van der Waals surface area contributed by atoms with E-state index in [9.17, 15) is 9.59 Å². The van der Waals surface area contributed by atoms with Gasteiger partial charge in [-0.05, 0) is 49.7 Å². The van der Waals surface area contributed by atoms with Gasteiger partial charge in [0.25, 0.3) is 0 Å². The standard InChI is InChI=1S/C21H23NO4/c1-25-16-7-4-12-10-14-13-5-6-15(23)19-21(13,17(12)18(16)26-19)8-9-22(14)20(24)11-2-3-11/h4,7,11,13-14,19H,2-3,5-6,8-10H2,1H3/t13-,14+,19?,21-/m1/s1. The van der Waals surface area contributed by atoms with Gasteiger partial charge in [-0.25, -0.2) is 0 Å². The van der Waals surface area contributed by atoms with Crippen LogP contribution in [0.25, 0.3) is 0 Å². The highest BCUT2D eigenvalue weighted by atomic mass is 16.5. The lowest BCUT2D eigenvalue weighted by molar-refractivity contribution is -0.149. The summed E-state index contributed by atoms with van der Waals surface area (Å²) in [6.45, 7) is 0.750. The van der Waals surface area contributed by atoms with Crippen molar-refractivity contribution in [2.24, 2.45) is 11.8 Å². The number of carbonyl (C=O) groups is 2. The molecule has 1 saturated heterocycles. The molecular weight excluding hydrogens is 330 g/mol. The van der Waals surface area contributed by atoms with Gasteiger partial charge in [0.05, 0.1) is 12.5 Å². The van der Waals surface area contributed by atoms with E-state index in [0.29, 0.717) is 18.2 Å². The molecule has 1 spiro atoms. The Labute approximate surface area is 152 Å².